The third-order valence-electron chi connectivity index (χ3n) is 3.04. The molecule has 1 atom stereocenters. The average Bonchev–Trinajstić information content (AvgIpc) is 2.43. The highest BCUT2D eigenvalue weighted by Gasteiger charge is 2.12. The van der Waals surface area contributed by atoms with Gasteiger partial charge in [-0.2, -0.15) is 0 Å². The van der Waals surface area contributed by atoms with Crippen molar-refractivity contribution in [2.75, 3.05) is 5.32 Å². The molecule has 2 aromatic rings. The van der Waals surface area contributed by atoms with Gasteiger partial charge in [0.15, 0.2) is 0 Å². The van der Waals surface area contributed by atoms with Gasteiger partial charge in [0.1, 0.15) is 0 Å². The van der Waals surface area contributed by atoms with Crippen LogP contribution >= 0.6 is 15.9 Å². The first kappa shape index (κ1) is 14.5. The molecule has 0 amide bonds. The molecule has 1 heterocycles. The summed E-state index contributed by atoms with van der Waals surface area (Å²) in [5.74, 6) is 0.157. The zero-order valence-electron chi connectivity index (χ0n) is 11.4. The van der Waals surface area contributed by atoms with E-state index < -0.39 is 11.2 Å². The van der Waals surface area contributed by atoms with E-state index in [9.17, 15) is 9.59 Å². The minimum atomic E-state index is -0.447. The highest BCUT2D eigenvalue weighted by atomic mass is 79.9. The predicted octanol–water partition coefficient (Wildman–Crippen LogP) is 1.41. The highest BCUT2D eigenvalue weighted by Crippen LogP contribution is 2.18. The van der Waals surface area contributed by atoms with E-state index in [2.05, 4.69) is 26.3 Å². The van der Waals surface area contributed by atoms with Crippen LogP contribution in [0.25, 0.3) is 0 Å². The van der Waals surface area contributed by atoms with Crippen molar-refractivity contribution in [3.63, 3.8) is 0 Å². The Balaban J connectivity index is 2.33. The number of aromatic nitrogens is 3. The second-order valence-corrected chi connectivity index (χ2v) is 5.45. The van der Waals surface area contributed by atoms with Crippen LogP contribution in [0.5, 0.6) is 0 Å². The molecule has 0 spiro atoms. The zero-order valence-corrected chi connectivity index (χ0v) is 13.0. The molecule has 0 fully saturated rings. The highest BCUT2D eigenvalue weighted by molar-refractivity contribution is 9.10. The molecule has 1 aromatic carbocycles. The van der Waals surface area contributed by atoms with E-state index in [1.807, 2.05) is 31.2 Å². The van der Waals surface area contributed by atoms with Gasteiger partial charge >= 0.3 is 5.69 Å². The van der Waals surface area contributed by atoms with Crippen molar-refractivity contribution >= 4 is 21.7 Å². The third kappa shape index (κ3) is 2.82. The summed E-state index contributed by atoms with van der Waals surface area (Å²) in [5.41, 5.74) is 0.139. The van der Waals surface area contributed by atoms with Crippen LogP contribution < -0.4 is 16.6 Å². The Morgan fingerprint density at radius 1 is 1.20 bits per heavy atom. The number of halogens is 1. The van der Waals surface area contributed by atoms with E-state index in [0.717, 1.165) is 19.3 Å². The minimum absolute atomic E-state index is 0.0965. The SMILES string of the molecule is CC(Nc1nn(C)c(=O)n(C)c1=O)c1ccc(Br)cc1. The smallest absolute Gasteiger partial charge is 0.346 e. The molecule has 0 aliphatic heterocycles. The summed E-state index contributed by atoms with van der Waals surface area (Å²) in [6.45, 7) is 1.93. The lowest BCUT2D eigenvalue weighted by atomic mass is 10.1. The van der Waals surface area contributed by atoms with E-state index in [0.29, 0.717) is 0 Å². The Bertz CT molecular complexity index is 734. The molecule has 7 heteroatoms. The van der Waals surface area contributed by atoms with Crippen molar-refractivity contribution in [3.05, 3.63) is 55.1 Å². The Kier molecular flexibility index (Phi) is 4.08. The summed E-state index contributed by atoms with van der Waals surface area (Å²) in [6.07, 6.45) is 0. The Morgan fingerprint density at radius 2 is 1.80 bits per heavy atom. The topological polar surface area (TPSA) is 68.9 Å². The molecule has 0 radical (unpaired) electrons. The first-order valence-corrected chi connectivity index (χ1v) is 6.86. The average molecular weight is 339 g/mol. The standard InChI is InChI=1S/C13H15BrN4O2/c1-8(9-4-6-10(14)7-5-9)15-11-12(19)17(2)13(20)18(3)16-11/h4-8H,1-3H3,(H,15,16). The van der Waals surface area contributed by atoms with Crippen LogP contribution in [0.4, 0.5) is 5.82 Å². The summed E-state index contributed by atoms with van der Waals surface area (Å²) in [4.78, 5) is 23.5. The molecule has 1 unspecified atom stereocenters. The van der Waals surface area contributed by atoms with Crippen LogP contribution in [-0.4, -0.2) is 14.3 Å². The second kappa shape index (κ2) is 5.62. The van der Waals surface area contributed by atoms with Crippen LogP contribution in [0, 0.1) is 0 Å². The monoisotopic (exact) mass is 338 g/mol. The van der Waals surface area contributed by atoms with Gasteiger partial charge < -0.3 is 5.32 Å². The van der Waals surface area contributed by atoms with Gasteiger partial charge in [-0.15, -0.1) is 5.10 Å². The molecule has 0 saturated carbocycles. The van der Waals surface area contributed by atoms with Crippen molar-refractivity contribution in [2.24, 2.45) is 14.1 Å². The first-order chi connectivity index (χ1) is 9.40. The van der Waals surface area contributed by atoms with Crippen molar-refractivity contribution in [1.29, 1.82) is 0 Å². The van der Waals surface area contributed by atoms with Gasteiger partial charge in [-0.25, -0.2) is 9.48 Å². The van der Waals surface area contributed by atoms with Crippen LogP contribution in [0.15, 0.2) is 38.3 Å². The molecule has 0 bridgehead atoms. The van der Waals surface area contributed by atoms with Gasteiger partial charge in [0.2, 0.25) is 5.82 Å². The summed E-state index contributed by atoms with van der Waals surface area (Å²) in [6, 6.07) is 7.67. The number of hydrogen-bond acceptors (Lipinski definition) is 4. The number of aryl methyl sites for hydroxylation is 1. The number of benzene rings is 1. The fourth-order valence-electron chi connectivity index (χ4n) is 1.83. The Hall–Kier alpha value is -1.89. The van der Waals surface area contributed by atoms with Gasteiger partial charge in [-0.3, -0.25) is 9.36 Å². The van der Waals surface area contributed by atoms with E-state index in [1.165, 1.54) is 14.1 Å². The molecule has 0 aliphatic rings. The lowest BCUT2D eigenvalue weighted by molar-refractivity contribution is 0.601. The minimum Gasteiger partial charge on any atom is -0.358 e. The predicted molar refractivity (Wildman–Crippen MR) is 80.9 cm³/mol. The number of nitrogens with zero attached hydrogens (tertiary/aromatic N) is 3. The molecule has 1 N–H and O–H groups in total. The number of anilines is 1. The summed E-state index contributed by atoms with van der Waals surface area (Å²) in [5, 5.41) is 7.00. The molecule has 0 saturated heterocycles. The number of nitrogens with one attached hydrogen (secondary N) is 1. The van der Waals surface area contributed by atoms with E-state index in [-0.39, 0.29) is 11.9 Å². The molecule has 1 aromatic heterocycles. The van der Waals surface area contributed by atoms with Gasteiger partial charge in [0.05, 0.1) is 6.04 Å². The first-order valence-electron chi connectivity index (χ1n) is 6.06. The van der Waals surface area contributed by atoms with Crippen LogP contribution in [0.3, 0.4) is 0 Å². The largest absolute Gasteiger partial charge is 0.358 e. The fourth-order valence-corrected chi connectivity index (χ4v) is 2.09. The van der Waals surface area contributed by atoms with Gasteiger partial charge in [-0.05, 0) is 24.6 Å². The maximum Gasteiger partial charge on any atom is 0.346 e. The Morgan fingerprint density at radius 3 is 2.40 bits per heavy atom. The third-order valence-corrected chi connectivity index (χ3v) is 3.57. The molecule has 0 aliphatic carbocycles. The maximum absolute atomic E-state index is 12.0. The van der Waals surface area contributed by atoms with Crippen LogP contribution in [0.1, 0.15) is 18.5 Å². The van der Waals surface area contributed by atoms with Crippen molar-refractivity contribution in [1.82, 2.24) is 14.3 Å². The quantitative estimate of drug-likeness (QED) is 0.918. The summed E-state index contributed by atoms with van der Waals surface area (Å²) in [7, 11) is 2.94. The lowest BCUT2D eigenvalue weighted by Gasteiger charge is -2.15. The van der Waals surface area contributed by atoms with Crippen molar-refractivity contribution in [3.8, 4) is 0 Å². The summed E-state index contributed by atoms with van der Waals surface area (Å²) < 4.78 is 3.16. The van der Waals surface area contributed by atoms with E-state index >= 15 is 0 Å². The van der Waals surface area contributed by atoms with Crippen LogP contribution in [-0.2, 0) is 14.1 Å². The van der Waals surface area contributed by atoms with Gasteiger partial charge in [-0.1, -0.05) is 28.1 Å². The molecule has 2 rings (SSSR count). The van der Waals surface area contributed by atoms with Crippen molar-refractivity contribution < 1.29 is 0 Å². The van der Waals surface area contributed by atoms with Gasteiger partial charge in [0.25, 0.3) is 5.56 Å². The Labute approximate surface area is 124 Å². The normalized spacial score (nSPS) is 12.2. The zero-order chi connectivity index (χ0) is 14.9. The molecule has 20 heavy (non-hydrogen) atoms. The molecule has 6 nitrogen and oxygen atoms in total. The van der Waals surface area contributed by atoms with Gasteiger partial charge in [0, 0.05) is 18.6 Å². The van der Waals surface area contributed by atoms with Crippen molar-refractivity contribution in [2.45, 2.75) is 13.0 Å². The lowest BCUT2D eigenvalue weighted by Crippen LogP contribution is -2.40. The number of hydrogen-bond donors (Lipinski definition) is 1. The maximum atomic E-state index is 12.0. The van der Waals surface area contributed by atoms with E-state index in [4.69, 9.17) is 0 Å². The van der Waals surface area contributed by atoms with Crippen LogP contribution in [0.2, 0.25) is 0 Å². The van der Waals surface area contributed by atoms with E-state index in [1.54, 1.807) is 0 Å². The molecular weight excluding hydrogens is 324 g/mol. The number of rotatable bonds is 3. The second-order valence-electron chi connectivity index (χ2n) is 4.54. The molecule has 106 valence electrons. The molecular formula is C13H15BrN4O2. The fraction of sp³-hybridized carbons (Fsp3) is 0.308. The summed E-state index contributed by atoms with van der Waals surface area (Å²) >= 11 is 3.38.